The molecule has 4 nitrogen and oxygen atoms in total. The Morgan fingerprint density at radius 3 is 2.67 bits per heavy atom. The van der Waals surface area contributed by atoms with Crippen LogP contribution in [0.1, 0.15) is 12.8 Å². The minimum atomic E-state index is -0.214. The van der Waals surface area contributed by atoms with Crippen molar-refractivity contribution in [1.82, 2.24) is 14.8 Å². The number of anilines is 1. The van der Waals surface area contributed by atoms with Crippen molar-refractivity contribution >= 4 is 16.5 Å². The molecule has 4 rings (SSSR count). The number of aromatic nitrogens is 3. The predicted molar refractivity (Wildman–Crippen MR) is 94.7 cm³/mol. The number of thiazole rings is 1. The molecule has 0 unspecified atom stereocenters. The number of hydrogen-bond acceptors (Lipinski definition) is 4. The van der Waals surface area contributed by atoms with Gasteiger partial charge in [0.1, 0.15) is 5.82 Å². The highest BCUT2D eigenvalue weighted by Gasteiger charge is 2.22. The molecule has 0 atom stereocenters. The van der Waals surface area contributed by atoms with E-state index in [1.165, 1.54) is 12.1 Å². The lowest BCUT2D eigenvalue weighted by Gasteiger charge is -2.31. The van der Waals surface area contributed by atoms with E-state index in [-0.39, 0.29) is 5.82 Å². The molecule has 0 radical (unpaired) electrons. The Morgan fingerprint density at radius 2 is 1.96 bits per heavy atom. The van der Waals surface area contributed by atoms with Crippen LogP contribution < -0.4 is 4.90 Å². The van der Waals surface area contributed by atoms with Gasteiger partial charge >= 0.3 is 0 Å². The summed E-state index contributed by atoms with van der Waals surface area (Å²) in [5.74, 6) is 0.464. The van der Waals surface area contributed by atoms with Crippen LogP contribution in [-0.2, 0) is 6.54 Å². The minimum absolute atomic E-state index is 0.214. The molecule has 3 aromatic rings. The number of rotatable bonds is 4. The molecule has 124 valence electrons. The third kappa shape index (κ3) is 3.33. The molecule has 1 saturated heterocycles. The average molecular weight is 342 g/mol. The topological polar surface area (TPSA) is 34.0 Å². The Bertz CT molecular complexity index is 774. The van der Waals surface area contributed by atoms with Crippen LogP contribution in [0.5, 0.6) is 0 Å². The van der Waals surface area contributed by atoms with E-state index in [1.807, 2.05) is 23.1 Å². The monoisotopic (exact) mass is 342 g/mol. The van der Waals surface area contributed by atoms with Crippen molar-refractivity contribution in [2.75, 3.05) is 18.0 Å². The molecule has 0 bridgehead atoms. The second kappa shape index (κ2) is 6.73. The SMILES string of the molecule is Fc1ccc(-c2csc(N3CCC(Cn4cccn4)CC3)n2)cc1. The predicted octanol–water partition coefficient (Wildman–Crippen LogP) is 4.06. The first-order valence-electron chi connectivity index (χ1n) is 8.22. The van der Waals surface area contributed by atoms with Crippen LogP contribution in [0.25, 0.3) is 11.3 Å². The summed E-state index contributed by atoms with van der Waals surface area (Å²) in [6, 6.07) is 8.50. The third-order valence-corrected chi connectivity index (χ3v) is 5.42. The molecule has 3 heterocycles. The van der Waals surface area contributed by atoms with Crippen molar-refractivity contribution < 1.29 is 4.39 Å². The largest absolute Gasteiger partial charge is 0.348 e. The maximum Gasteiger partial charge on any atom is 0.185 e. The summed E-state index contributed by atoms with van der Waals surface area (Å²) >= 11 is 1.67. The molecule has 24 heavy (non-hydrogen) atoms. The Balaban J connectivity index is 1.38. The highest BCUT2D eigenvalue weighted by molar-refractivity contribution is 7.14. The number of hydrogen-bond donors (Lipinski definition) is 0. The summed E-state index contributed by atoms with van der Waals surface area (Å²) in [5, 5.41) is 7.41. The van der Waals surface area contributed by atoms with Gasteiger partial charge < -0.3 is 4.90 Å². The van der Waals surface area contributed by atoms with Crippen molar-refractivity contribution in [2.24, 2.45) is 5.92 Å². The summed E-state index contributed by atoms with van der Waals surface area (Å²) < 4.78 is 15.1. The molecular weight excluding hydrogens is 323 g/mol. The normalized spacial score (nSPS) is 15.8. The zero-order valence-corrected chi connectivity index (χ0v) is 14.1. The average Bonchev–Trinajstić information content (AvgIpc) is 3.28. The highest BCUT2D eigenvalue weighted by Crippen LogP contribution is 2.30. The molecule has 0 aliphatic carbocycles. The zero-order chi connectivity index (χ0) is 16.4. The molecule has 0 amide bonds. The van der Waals surface area contributed by atoms with Gasteiger partial charge in [-0.1, -0.05) is 0 Å². The van der Waals surface area contributed by atoms with Crippen molar-refractivity contribution in [2.45, 2.75) is 19.4 Å². The standard InChI is InChI=1S/C18H19FN4S/c19-16-4-2-15(3-5-16)17-13-24-18(21-17)22-10-6-14(7-11-22)12-23-9-1-8-20-23/h1-5,8-9,13-14H,6-7,10-12H2. The summed E-state index contributed by atoms with van der Waals surface area (Å²) in [6.45, 7) is 3.06. The lowest BCUT2D eigenvalue weighted by Crippen LogP contribution is -2.35. The van der Waals surface area contributed by atoms with Crippen molar-refractivity contribution in [3.05, 3.63) is 53.9 Å². The summed E-state index contributed by atoms with van der Waals surface area (Å²) in [7, 11) is 0. The second-order valence-electron chi connectivity index (χ2n) is 6.18. The van der Waals surface area contributed by atoms with E-state index in [1.54, 1.807) is 23.5 Å². The number of halogens is 1. The fraction of sp³-hybridized carbons (Fsp3) is 0.333. The molecule has 6 heteroatoms. The Morgan fingerprint density at radius 1 is 1.17 bits per heavy atom. The highest BCUT2D eigenvalue weighted by atomic mass is 32.1. The van der Waals surface area contributed by atoms with E-state index in [0.29, 0.717) is 5.92 Å². The van der Waals surface area contributed by atoms with Crippen LogP contribution >= 0.6 is 11.3 Å². The number of piperidine rings is 1. The van der Waals surface area contributed by atoms with Gasteiger partial charge in [-0.2, -0.15) is 5.10 Å². The lowest BCUT2D eigenvalue weighted by molar-refractivity contribution is 0.342. The van der Waals surface area contributed by atoms with Crippen molar-refractivity contribution in [1.29, 1.82) is 0 Å². The Hall–Kier alpha value is -2.21. The van der Waals surface area contributed by atoms with Gasteiger partial charge in [-0.05, 0) is 49.1 Å². The van der Waals surface area contributed by atoms with Crippen LogP contribution in [-0.4, -0.2) is 27.9 Å². The van der Waals surface area contributed by atoms with Crippen molar-refractivity contribution in [3.8, 4) is 11.3 Å². The fourth-order valence-corrected chi connectivity index (χ4v) is 4.03. The van der Waals surface area contributed by atoms with Crippen LogP contribution in [0.15, 0.2) is 48.1 Å². The zero-order valence-electron chi connectivity index (χ0n) is 13.3. The first-order valence-corrected chi connectivity index (χ1v) is 9.10. The van der Waals surface area contributed by atoms with E-state index in [4.69, 9.17) is 4.98 Å². The maximum absolute atomic E-state index is 13.0. The van der Waals surface area contributed by atoms with Gasteiger partial charge in [0.05, 0.1) is 5.69 Å². The van der Waals surface area contributed by atoms with Gasteiger partial charge in [-0.15, -0.1) is 11.3 Å². The maximum atomic E-state index is 13.0. The first-order chi connectivity index (χ1) is 11.8. The smallest absolute Gasteiger partial charge is 0.185 e. The molecule has 1 fully saturated rings. The summed E-state index contributed by atoms with van der Waals surface area (Å²) in [4.78, 5) is 7.10. The van der Waals surface area contributed by atoms with Crippen LogP contribution in [0, 0.1) is 11.7 Å². The van der Waals surface area contributed by atoms with Crippen molar-refractivity contribution in [3.63, 3.8) is 0 Å². The van der Waals surface area contributed by atoms with Crippen LogP contribution in [0.3, 0.4) is 0 Å². The van der Waals surface area contributed by atoms with Gasteiger partial charge in [-0.3, -0.25) is 4.68 Å². The van der Waals surface area contributed by atoms with Gasteiger partial charge in [-0.25, -0.2) is 9.37 Å². The second-order valence-corrected chi connectivity index (χ2v) is 7.02. The van der Waals surface area contributed by atoms with Crippen LogP contribution in [0.4, 0.5) is 9.52 Å². The van der Waals surface area contributed by atoms with E-state index in [0.717, 1.165) is 48.9 Å². The van der Waals surface area contributed by atoms with E-state index in [9.17, 15) is 4.39 Å². The molecule has 1 aliphatic heterocycles. The van der Waals surface area contributed by atoms with E-state index < -0.39 is 0 Å². The molecule has 2 aromatic heterocycles. The summed E-state index contributed by atoms with van der Waals surface area (Å²) in [5.41, 5.74) is 1.89. The fourth-order valence-electron chi connectivity index (χ4n) is 3.14. The molecule has 0 N–H and O–H groups in total. The van der Waals surface area contributed by atoms with Crippen LogP contribution in [0.2, 0.25) is 0 Å². The number of nitrogens with zero attached hydrogens (tertiary/aromatic N) is 4. The molecular formula is C18H19FN4S. The molecule has 1 aliphatic rings. The summed E-state index contributed by atoms with van der Waals surface area (Å²) in [6.07, 6.45) is 6.18. The van der Waals surface area contributed by atoms with Gasteiger partial charge in [0, 0.05) is 43.0 Å². The van der Waals surface area contributed by atoms with E-state index in [2.05, 4.69) is 15.4 Å². The molecule has 0 spiro atoms. The third-order valence-electron chi connectivity index (χ3n) is 4.52. The lowest BCUT2D eigenvalue weighted by atomic mass is 9.97. The van der Waals surface area contributed by atoms with E-state index >= 15 is 0 Å². The van der Waals surface area contributed by atoms with Gasteiger partial charge in [0.25, 0.3) is 0 Å². The minimum Gasteiger partial charge on any atom is -0.348 e. The quantitative estimate of drug-likeness (QED) is 0.717. The van der Waals surface area contributed by atoms with Gasteiger partial charge in [0.2, 0.25) is 0 Å². The van der Waals surface area contributed by atoms with Gasteiger partial charge in [0.15, 0.2) is 5.13 Å². The number of benzene rings is 1. The Kier molecular flexibility index (Phi) is 4.30. The molecule has 0 saturated carbocycles. The Labute approximate surface area is 144 Å². The molecule has 1 aromatic carbocycles. The first kappa shape index (κ1) is 15.3.